The van der Waals surface area contributed by atoms with Crippen LogP contribution in [-0.2, 0) is 11.3 Å². The molecular weight excluding hydrogens is 537 g/mol. The fourth-order valence-electron chi connectivity index (χ4n) is 2.79. The van der Waals surface area contributed by atoms with E-state index in [1.54, 1.807) is 0 Å². The second-order valence-corrected chi connectivity index (χ2v) is 8.63. The van der Waals surface area contributed by atoms with Gasteiger partial charge in [0.25, 0.3) is 5.91 Å². The lowest BCUT2D eigenvalue weighted by molar-refractivity contribution is -0.120. The molecule has 1 aliphatic heterocycles. The zero-order valence-corrected chi connectivity index (χ0v) is 19.4. The van der Waals surface area contributed by atoms with E-state index in [9.17, 15) is 19.1 Å². The quantitative estimate of drug-likeness (QED) is 0.375. The third kappa shape index (κ3) is 7.21. The van der Waals surface area contributed by atoms with Gasteiger partial charge in [0.15, 0.2) is 5.96 Å². The van der Waals surface area contributed by atoms with Crippen molar-refractivity contribution in [3.05, 3.63) is 56.5 Å². The summed E-state index contributed by atoms with van der Waals surface area (Å²) in [5, 5.41) is 20.8. The van der Waals surface area contributed by atoms with E-state index in [1.807, 2.05) is 18.2 Å². The highest BCUT2D eigenvalue weighted by Gasteiger charge is 2.15. The number of alkyl halides is 1. The highest BCUT2D eigenvalue weighted by molar-refractivity contribution is 9.11. The van der Waals surface area contributed by atoms with Crippen LogP contribution in [0.15, 0.2) is 50.3 Å². The van der Waals surface area contributed by atoms with E-state index in [2.05, 4.69) is 58.1 Å². The molecule has 2 aromatic rings. The van der Waals surface area contributed by atoms with E-state index >= 15 is 0 Å². The molecule has 0 saturated heterocycles. The lowest BCUT2D eigenvalue weighted by Crippen LogP contribution is -2.41. The first kappa shape index (κ1) is 23.0. The molecule has 2 aromatic carbocycles. The monoisotopic (exact) mass is 555 g/mol. The summed E-state index contributed by atoms with van der Waals surface area (Å²) >= 11 is 6.78. The molecule has 0 spiro atoms. The van der Waals surface area contributed by atoms with Gasteiger partial charge in [0.05, 0.1) is 19.6 Å². The van der Waals surface area contributed by atoms with Crippen molar-refractivity contribution < 1.29 is 19.1 Å². The molecule has 0 bridgehead atoms. The van der Waals surface area contributed by atoms with Crippen LogP contribution < -0.4 is 21.3 Å². The van der Waals surface area contributed by atoms with Gasteiger partial charge in [-0.2, -0.15) is 0 Å². The van der Waals surface area contributed by atoms with E-state index in [-0.39, 0.29) is 36.9 Å². The van der Waals surface area contributed by atoms with Gasteiger partial charge in [0, 0.05) is 32.8 Å². The maximum atomic E-state index is 13.1. The summed E-state index contributed by atoms with van der Waals surface area (Å²) in [5.41, 5.74) is 1.45. The highest BCUT2D eigenvalue weighted by atomic mass is 79.9. The third-order valence-corrected chi connectivity index (χ3v) is 5.12. The average molecular weight is 557 g/mol. The fourth-order valence-corrected chi connectivity index (χ4v) is 4.18. The lowest BCUT2D eigenvalue weighted by Gasteiger charge is -2.19. The number of anilines is 1. The number of hydrogen-bond acceptors (Lipinski definition) is 6. The fraction of sp³-hybridized carbons (Fsp3) is 0.250. The molecule has 31 heavy (non-hydrogen) atoms. The molecule has 1 unspecified atom stereocenters. The van der Waals surface area contributed by atoms with Gasteiger partial charge in [-0.05, 0) is 35.9 Å². The number of aliphatic imine (C=N–C) groups is 1. The Labute approximate surface area is 195 Å². The second kappa shape index (κ2) is 10.6. The topological polar surface area (TPSA) is 115 Å². The molecule has 1 atom stereocenters. The molecule has 0 aromatic heterocycles. The summed E-state index contributed by atoms with van der Waals surface area (Å²) in [6, 6.07) is 9.83. The van der Waals surface area contributed by atoms with E-state index < -0.39 is 12.1 Å². The standard InChI is InChI=1S/C20H20Br2FN5O3/c21-13-1-11(2-14(22)5-13)7-24-18(30)10-25-19(31)12-3-16(6-17(29)4-12)28-20-26-8-15(23)9-27-20/h1-6,15,29H,7-10H2,(H,24,30)(H,25,31)(H2,26,27,28). The van der Waals surface area contributed by atoms with Crippen molar-refractivity contribution in [3.63, 3.8) is 0 Å². The number of aromatic hydroxyl groups is 1. The Hall–Kier alpha value is -2.66. The minimum Gasteiger partial charge on any atom is -0.508 e. The van der Waals surface area contributed by atoms with Gasteiger partial charge in [0.2, 0.25) is 5.91 Å². The van der Waals surface area contributed by atoms with Crippen molar-refractivity contribution in [2.24, 2.45) is 4.99 Å². The van der Waals surface area contributed by atoms with Crippen LogP contribution in [-0.4, -0.2) is 48.7 Å². The average Bonchev–Trinajstić information content (AvgIpc) is 2.71. The van der Waals surface area contributed by atoms with E-state index in [1.165, 1.54) is 18.2 Å². The Balaban J connectivity index is 1.53. The number of amides is 2. The minimum absolute atomic E-state index is 0.0352. The first-order chi connectivity index (χ1) is 14.8. The number of guanidine groups is 1. The SMILES string of the molecule is O=C(CNC(=O)c1cc(O)cc(NC2=NCC(F)CN2)c1)NCc1cc(Br)cc(Br)c1. The molecular formula is C20H20Br2FN5O3. The lowest BCUT2D eigenvalue weighted by atomic mass is 10.1. The predicted octanol–water partition coefficient (Wildman–Crippen LogP) is 2.67. The third-order valence-electron chi connectivity index (χ3n) is 4.20. The Morgan fingerprint density at radius 2 is 1.87 bits per heavy atom. The predicted molar refractivity (Wildman–Crippen MR) is 123 cm³/mol. The van der Waals surface area contributed by atoms with Crippen LogP contribution in [0.25, 0.3) is 0 Å². The zero-order valence-electron chi connectivity index (χ0n) is 16.2. The molecule has 1 aliphatic rings. The highest BCUT2D eigenvalue weighted by Crippen LogP contribution is 2.21. The summed E-state index contributed by atoms with van der Waals surface area (Å²) in [6.07, 6.45) is -1.05. The summed E-state index contributed by atoms with van der Waals surface area (Å²) in [4.78, 5) is 28.5. The molecule has 0 fully saturated rings. The van der Waals surface area contributed by atoms with Crippen LogP contribution in [0.1, 0.15) is 15.9 Å². The van der Waals surface area contributed by atoms with E-state index in [4.69, 9.17) is 0 Å². The van der Waals surface area contributed by atoms with Crippen molar-refractivity contribution in [3.8, 4) is 5.75 Å². The second-order valence-electron chi connectivity index (χ2n) is 6.80. The molecule has 0 radical (unpaired) electrons. The number of nitrogens with one attached hydrogen (secondary N) is 4. The van der Waals surface area contributed by atoms with Crippen LogP contribution in [0, 0.1) is 0 Å². The molecule has 11 heteroatoms. The van der Waals surface area contributed by atoms with Crippen LogP contribution in [0.3, 0.4) is 0 Å². The Morgan fingerprint density at radius 3 is 2.55 bits per heavy atom. The van der Waals surface area contributed by atoms with Crippen LogP contribution in [0.5, 0.6) is 5.75 Å². The Kier molecular flexibility index (Phi) is 7.85. The number of carbonyl (C=O) groups is 2. The number of rotatable bonds is 6. The summed E-state index contributed by atoms with van der Waals surface area (Å²) in [7, 11) is 0. The van der Waals surface area contributed by atoms with Crippen LogP contribution in [0.2, 0.25) is 0 Å². The number of carbonyl (C=O) groups excluding carboxylic acids is 2. The van der Waals surface area contributed by atoms with E-state index in [0.717, 1.165) is 14.5 Å². The number of halogens is 3. The minimum atomic E-state index is -1.05. The molecule has 164 valence electrons. The van der Waals surface area contributed by atoms with Crippen molar-refractivity contribution in [1.29, 1.82) is 0 Å². The molecule has 0 saturated carbocycles. The molecule has 5 N–H and O–H groups in total. The van der Waals surface area contributed by atoms with Gasteiger partial charge >= 0.3 is 0 Å². The first-order valence-electron chi connectivity index (χ1n) is 9.32. The van der Waals surface area contributed by atoms with Gasteiger partial charge < -0.3 is 26.4 Å². The number of benzene rings is 2. The zero-order chi connectivity index (χ0) is 22.4. The van der Waals surface area contributed by atoms with Crippen molar-refractivity contribution >= 4 is 55.3 Å². The number of phenolic OH excluding ortho intramolecular Hbond substituents is 1. The summed E-state index contributed by atoms with van der Waals surface area (Å²) in [6.45, 7) is 0.248. The van der Waals surface area contributed by atoms with E-state index in [0.29, 0.717) is 18.2 Å². The largest absolute Gasteiger partial charge is 0.508 e. The molecule has 2 amide bonds. The van der Waals surface area contributed by atoms with Gasteiger partial charge in [-0.1, -0.05) is 31.9 Å². The summed E-state index contributed by atoms with van der Waals surface area (Å²) in [5.74, 6) is -0.671. The molecule has 8 nitrogen and oxygen atoms in total. The number of nitrogens with zero attached hydrogens (tertiary/aromatic N) is 1. The maximum absolute atomic E-state index is 13.1. The van der Waals surface area contributed by atoms with Gasteiger partial charge in [-0.25, -0.2) is 9.38 Å². The van der Waals surface area contributed by atoms with Crippen molar-refractivity contribution in [1.82, 2.24) is 16.0 Å². The van der Waals surface area contributed by atoms with Gasteiger partial charge in [-0.3, -0.25) is 9.59 Å². The van der Waals surface area contributed by atoms with Crippen molar-refractivity contribution in [2.75, 3.05) is 25.0 Å². The first-order valence-corrected chi connectivity index (χ1v) is 10.9. The number of hydrogen-bond donors (Lipinski definition) is 5. The Morgan fingerprint density at radius 1 is 1.13 bits per heavy atom. The normalized spacial score (nSPS) is 15.5. The van der Waals surface area contributed by atoms with Gasteiger partial charge in [-0.15, -0.1) is 0 Å². The molecule has 0 aliphatic carbocycles. The smallest absolute Gasteiger partial charge is 0.251 e. The van der Waals surface area contributed by atoms with Crippen LogP contribution >= 0.6 is 31.9 Å². The summed E-state index contributed by atoms with van der Waals surface area (Å²) < 4.78 is 14.9. The van der Waals surface area contributed by atoms with Gasteiger partial charge in [0.1, 0.15) is 11.9 Å². The maximum Gasteiger partial charge on any atom is 0.251 e. The van der Waals surface area contributed by atoms with Crippen LogP contribution in [0.4, 0.5) is 10.1 Å². The molecule has 1 heterocycles. The van der Waals surface area contributed by atoms with Crippen molar-refractivity contribution in [2.45, 2.75) is 12.7 Å². The Bertz CT molecular complexity index is 998. The molecule has 3 rings (SSSR count). The number of phenols is 1.